The first-order valence-electron chi connectivity index (χ1n) is 10.3. The first kappa shape index (κ1) is 22.0. The summed E-state index contributed by atoms with van der Waals surface area (Å²) in [6.07, 6.45) is 4.17. The van der Waals surface area contributed by atoms with Crippen molar-refractivity contribution in [2.24, 2.45) is 0 Å². The van der Waals surface area contributed by atoms with Crippen LogP contribution in [-0.4, -0.2) is 27.8 Å². The number of hydrogen-bond acceptors (Lipinski definition) is 4. The number of rotatable bonds is 10. The van der Waals surface area contributed by atoms with E-state index in [0.717, 1.165) is 38.0 Å². The molecule has 0 radical (unpaired) electrons. The highest BCUT2D eigenvalue weighted by Gasteiger charge is 2.13. The molecule has 1 heterocycles. The Labute approximate surface area is 179 Å². The van der Waals surface area contributed by atoms with Gasteiger partial charge in [-0.05, 0) is 55.7 Å². The maximum absolute atomic E-state index is 13.4. The molecule has 5 nitrogen and oxygen atoms in total. The fourth-order valence-electron chi connectivity index (χ4n) is 3.07. The van der Waals surface area contributed by atoms with E-state index < -0.39 is 0 Å². The van der Waals surface area contributed by atoms with E-state index in [9.17, 15) is 14.0 Å². The number of amides is 1. The van der Waals surface area contributed by atoms with Crippen LogP contribution in [0.5, 0.6) is 0 Å². The summed E-state index contributed by atoms with van der Waals surface area (Å²) in [6.45, 7) is 2.82. The molecule has 1 N–H and O–H groups in total. The number of carbonyl (C=O) groups is 1. The molecule has 0 aliphatic rings. The molecule has 1 amide bonds. The first-order chi connectivity index (χ1) is 14.6. The average molecular weight is 428 g/mol. The molecule has 0 atom stereocenters. The van der Waals surface area contributed by atoms with Crippen molar-refractivity contribution in [1.82, 2.24) is 14.9 Å². The fraction of sp³-hybridized carbons (Fsp3) is 0.348. The van der Waals surface area contributed by atoms with Crippen molar-refractivity contribution in [2.45, 2.75) is 44.2 Å². The van der Waals surface area contributed by atoms with Gasteiger partial charge in [-0.25, -0.2) is 9.37 Å². The van der Waals surface area contributed by atoms with E-state index in [2.05, 4.69) is 17.2 Å². The van der Waals surface area contributed by atoms with Crippen molar-refractivity contribution >= 4 is 28.6 Å². The summed E-state index contributed by atoms with van der Waals surface area (Å²) in [5, 5.41) is 4.01. The monoisotopic (exact) mass is 427 g/mol. The Kier molecular flexibility index (Phi) is 8.02. The van der Waals surface area contributed by atoms with Crippen LogP contribution in [0, 0.1) is 5.82 Å². The van der Waals surface area contributed by atoms with Crippen molar-refractivity contribution in [1.29, 1.82) is 0 Å². The van der Waals surface area contributed by atoms with Crippen LogP contribution in [-0.2, 0) is 4.79 Å². The summed E-state index contributed by atoms with van der Waals surface area (Å²) >= 11 is 1.47. The third-order valence-corrected chi connectivity index (χ3v) is 5.74. The minimum atomic E-state index is -0.355. The topological polar surface area (TPSA) is 64.0 Å². The predicted octanol–water partition coefficient (Wildman–Crippen LogP) is 4.70. The van der Waals surface area contributed by atoms with E-state index in [-0.39, 0.29) is 17.3 Å². The maximum atomic E-state index is 13.4. The minimum absolute atomic E-state index is 0.0838. The molecule has 0 fully saturated rings. The number of fused-ring (bicyclic) bond motifs is 1. The van der Waals surface area contributed by atoms with Gasteiger partial charge < -0.3 is 5.32 Å². The number of hydrogen-bond donors (Lipinski definition) is 1. The van der Waals surface area contributed by atoms with Crippen LogP contribution in [0.3, 0.4) is 0 Å². The van der Waals surface area contributed by atoms with Gasteiger partial charge >= 0.3 is 0 Å². The second kappa shape index (κ2) is 10.9. The Balaban J connectivity index is 1.71. The second-order valence-corrected chi connectivity index (χ2v) is 8.10. The summed E-state index contributed by atoms with van der Waals surface area (Å²) in [5.74, 6) is 0.460. The third-order valence-electron chi connectivity index (χ3n) is 4.71. The molecule has 0 aliphatic carbocycles. The summed E-state index contributed by atoms with van der Waals surface area (Å²) in [4.78, 5) is 29.6. The van der Waals surface area contributed by atoms with Gasteiger partial charge in [0.15, 0.2) is 5.16 Å². The molecule has 0 unspecified atom stereocenters. The number of carbonyl (C=O) groups excluding carboxylic acids is 1. The zero-order valence-corrected chi connectivity index (χ0v) is 17.9. The van der Waals surface area contributed by atoms with E-state index in [4.69, 9.17) is 0 Å². The maximum Gasteiger partial charge on any atom is 0.266 e. The summed E-state index contributed by atoms with van der Waals surface area (Å²) in [7, 11) is 0. The van der Waals surface area contributed by atoms with Crippen LogP contribution in [0.25, 0.3) is 16.6 Å². The van der Waals surface area contributed by atoms with E-state index in [1.54, 1.807) is 24.3 Å². The van der Waals surface area contributed by atoms with Gasteiger partial charge in [-0.3, -0.25) is 14.2 Å². The average Bonchev–Trinajstić information content (AvgIpc) is 2.75. The van der Waals surface area contributed by atoms with Gasteiger partial charge in [-0.1, -0.05) is 37.2 Å². The Morgan fingerprint density at radius 1 is 1.10 bits per heavy atom. The van der Waals surface area contributed by atoms with E-state index in [1.165, 1.54) is 28.5 Å². The molecule has 1 aromatic heterocycles. The van der Waals surface area contributed by atoms with Gasteiger partial charge in [0.05, 0.1) is 16.6 Å². The SMILES string of the molecule is CCCCNC(=O)CCCCSc1nc2ccccc2c(=O)n1-c1ccc(F)cc1. The van der Waals surface area contributed by atoms with E-state index in [0.29, 0.717) is 28.2 Å². The van der Waals surface area contributed by atoms with Gasteiger partial charge in [0.25, 0.3) is 5.56 Å². The second-order valence-electron chi connectivity index (χ2n) is 7.04. The molecular weight excluding hydrogens is 401 g/mol. The van der Waals surface area contributed by atoms with Crippen molar-refractivity contribution in [3.8, 4) is 5.69 Å². The molecule has 3 rings (SSSR count). The molecule has 3 aromatic rings. The largest absolute Gasteiger partial charge is 0.356 e. The Hall–Kier alpha value is -2.67. The highest BCUT2D eigenvalue weighted by Crippen LogP contribution is 2.22. The zero-order valence-electron chi connectivity index (χ0n) is 17.1. The summed E-state index contributed by atoms with van der Waals surface area (Å²) in [6, 6.07) is 13.1. The summed E-state index contributed by atoms with van der Waals surface area (Å²) < 4.78 is 14.9. The van der Waals surface area contributed by atoms with Crippen LogP contribution in [0.15, 0.2) is 58.5 Å². The molecule has 30 heavy (non-hydrogen) atoms. The fourth-order valence-corrected chi connectivity index (χ4v) is 4.08. The van der Waals surface area contributed by atoms with Gasteiger partial charge in [0, 0.05) is 18.7 Å². The van der Waals surface area contributed by atoms with Crippen molar-refractivity contribution in [3.63, 3.8) is 0 Å². The van der Waals surface area contributed by atoms with Crippen LogP contribution < -0.4 is 10.9 Å². The Morgan fingerprint density at radius 3 is 2.63 bits per heavy atom. The lowest BCUT2D eigenvalue weighted by Crippen LogP contribution is -2.23. The van der Waals surface area contributed by atoms with Crippen LogP contribution >= 0.6 is 11.8 Å². The number of thioether (sulfide) groups is 1. The number of benzene rings is 2. The molecule has 2 aromatic carbocycles. The number of unbranched alkanes of at least 4 members (excludes halogenated alkanes) is 2. The van der Waals surface area contributed by atoms with Gasteiger partial charge in [0.2, 0.25) is 5.91 Å². The quantitative estimate of drug-likeness (QED) is 0.289. The molecule has 0 saturated carbocycles. The Bertz CT molecular complexity index is 1050. The molecule has 158 valence electrons. The number of halogens is 1. The standard InChI is InChI=1S/C23H26FN3O2S/c1-2-3-15-25-21(28)10-6-7-16-30-23-26-20-9-5-4-8-19(20)22(29)27(23)18-13-11-17(24)12-14-18/h4-5,8-9,11-14H,2-3,6-7,10,15-16H2,1H3,(H,25,28). The molecular formula is C23H26FN3O2S. The minimum Gasteiger partial charge on any atom is -0.356 e. The van der Waals surface area contributed by atoms with Crippen LogP contribution in [0.2, 0.25) is 0 Å². The predicted molar refractivity (Wildman–Crippen MR) is 120 cm³/mol. The smallest absolute Gasteiger partial charge is 0.266 e. The molecule has 0 saturated heterocycles. The normalized spacial score (nSPS) is 11.0. The third kappa shape index (κ3) is 5.69. The van der Waals surface area contributed by atoms with Crippen molar-refractivity contribution in [2.75, 3.05) is 12.3 Å². The molecule has 0 bridgehead atoms. The number of nitrogens with one attached hydrogen (secondary N) is 1. The summed E-state index contributed by atoms with van der Waals surface area (Å²) in [5.41, 5.74) is 1.04. The van der Waals surface area contributed by atoms with Crippen molar-refractivity contribution in [3.05, 3.63) is 64.7 Å². The lowest BCUT2D eigenvalue weighted by molar-refractivity contribution is -0.121. The van der Waals surface area contributed by atoms with Gasteiger partial charge in [-0.2, -0.15) is 0 Å². The van der Waals surface area contributed by atoms with Gasteiger partial charge in [-0.15, -0.1) is 0 Å². The van der Waals surface area contributed by atoms with Crippen LogP contribution in [0.4, 0.5) is 4.39 Å². The highest BCUT2D eigenvalue weighted by molar-refractivity contribution is 7.99. The lowest BCUT2D eigenvalue weighted by Gasteiger charge is -2.13. The Morgan fingerprint density at radius 2 is 1.87 bits per heavy atom. The highest BCUT2D eigenvalue weighted by atomic mass is 32.2. The number of para-hydroxylation sites is 1. The molecule has 0 aliphatic heterocycles. The van der Waals surface area contributed by atoms with Gasteiger partial charge in [0.1, 0.15) is 5.82 Å². The molecule has 0 spiro atoms. The molecule has 7 heteroatoms. The van der Waals surface area contributed by atoms with Crippen molar-refractivity contribution < 1.29 is 9.18 Å². The number of nitrogens with zero attached hydrogens (tertiary/aromatic N) is 2. The van der Waals surface area contributed by atoms with Crippen LogP contribution in [0.1, 0.15) is 39.0 Å². The number of aromatic nitrogens is 2. The lowest BCUT2D eigenvalue weighted by atomic mass is 10.2. The first-order valence-corrected chi connectivity index (χ1v) is 11.3. The van der Waals surface area contributed by atoms with E-state index in [1.807, 2.05) is 12.1 Å². The van der Waals surface area contributed by atoms with E-state index >= 15 is 0 Å². The zero-order chi connectivity index (χ0) is 21.3.